The number of nitrogens with zero attached hydrogens (tertiary/aromatic N) is 2. The minimum Gasteiger partial charge on any atom is -0.494 e. The Labute approximate surface area is 238 Å². The van der Waals surface area contributed by atoms with Crippen LogP contribution in [0.1, 0.15) is 44.7 Å². The first-order chi connectivity index (χ1) is 19.2. The van der Waals surface area contributed by atoms with Gasteiger partial charge in [-0.15, -0.1) is 0 Å². The highest BCUT2D eigenvalue weighted by atomic mass is 32.2. The average Bonchev–Trinajstić information content (AvgIpc) is 2.96. The molecule has 0 bridgehead atoms. The van der Waals surface area contributed by atoms with Crippen LogP contribution in [0.25, 0.3) is 0 Å². The summed E-state index contributed by atoms with van der Waals surface area (Å²) in [6.07, 6.45) is 1.14. The molecule has 8 nitrogen and oxygen atoms in total. The summed E-state index contributed by atoms with van der Waals surface area (Å²) in [6.45, 7) is 8.27. The molecule has 2 amide bonds. The van der Waals surface area contributed by atoms with E-state index in [1.165, 1.54) is 17.0 Å². The summed E-state index contributed by atoms with van der Waals surface area (Å²) in [5, 5.41) is 2.89. The molecule has 0 aromatic heterocycles. The Morgan fingerprint density at radius 2 is 1.55 bits per heavy atom. The molecule has 0 saturated heterocycles. The number of carbonyl (C=O) groups is 2. The van der Waals surface area contributed by atoms with Crippen LogP contribution in [0.5, 0.6) is 5.75 Å². The van der Waals surface area contributed by atoms with Crippen LogP contribution in [0.2, 0.25) is 0 Å². The quantitative estimate of drug-likeness (QED) is 0.299. The van der Waals surface area contributed by atoms with Crippen molar-refractivity contribution in [1.29, 1.82) is 0 Å². The number of carbonyl (C=O) groups excluding carboxylic acids is 2. The van der Waals surface area contributed by atoms with Crippen molar-refractivity contribution in [2.75, 3.05) is 24.0 Å². The van der Waals surface area contributed by atoms with Gasteiger partial charge in [-0.2, -0.15) is 0 Å². The monoisotopic (exact) mass is 565 g/mol. The fraction of sp³-hybridized carbons (Fsp3) is 0.355. The van der Waals surface area contributed by atoms with Crippen LogP contribution in [0.3, 0.4) is 0 Å². The van der Waals surface area contributed by atoms with Gasteiger partial charge in [0.1, 0.15) is 18.3 Å². The molecular weight excluding hydrogens is 526 g/mol. The van der Waals surface area contributed by atoms with Gasteiger partial charge < -0.3 is 15.0 Å². The summed E-state index contributed by atoms with van der Waals surface area (Å²) >= 11 is 0. The molecule has 0 fully saturated rings. The van der Waals surface area contributed by atoms with E-state index in [1.54, 1.807) is 42.5 Å². The van der Waals surface area contributed by atoms with Gasteiger partial charge in [-0.1, -0.05) is 61.9 Å². The van der Waals surface area contributed by atoms with Crippen molar-refractivity contribution < 1.29 is 22.7 Å². The normalized spacial score (nSPS) is 11.9. The molecule has 0 spiro atoms. The molecule has 0 aliphatic rings. The second kappa shape index (κ2) is 14.5. The third kappa shape index (κ3) is 7.85. The van der Waals surface area contributed by atoms with E-state index >= 15 is 0 Å². The van der Waals surface area contributed by atoms with Crippen molar-refractivity contribution in [2.45, 2.75) is 58.0 Å². The van der Waals surface area contributed by atoms with Crippen LogP contribution >= 0.6 is 0 Å². The van der Waals surface area contributed by atoms with Gasteiger partial charge in [0.2, 0.25) is 11.8 Å². The summed E-state index contributed by atoms with van der Waals surface area (Å²) in [4.78, 5) is 28.7. The van der Waals surface area contributed by atoms with E-state index in [1.807, 2.05) is 52.0 Å². The first-order valence-corrected chi connectivity index (χ1v) is 15.1. The van der Waals surface area contributed by atoms with Crippen molar-refractivity contribution in [1.82, 2.24) is 10.2 Å². The topological polar surface area (TPSA) is 96.0 Å². The van der Waals surface area contributed by atoms with Gasteiger partial charge in [-0.05, 0) is 68.7 Å². The van der Waals surface area contributed by atoms with E-state index in [-0.39, 0.29) is 17.3 Å². The molecule has 1 N–H and O–H groups in total. The number of amides is 2. The summed E-state index contributed by atoms with van der Waals surface area (Å²) < 4.78 is 34.4. The van der Waals surface area contributed by atoms with Crippen LogP contribution in [0.15, 0.2) is 83.8 Å². The summed E-state index contributed by atoms with van der Waals surface area (Å²) in [5.41, 5.74) is 2.27. The molecule has 0 aliphatic carbocycles. The molecule has 3 rings (SSSR count). The molecule has 3 aromatic carbocycles. The van der Waals surface area contributed by atoms with Crippen LogP contribution in [-0.4, -0.2) is 50.9 Å². The Morgan fingerprint density at radius 3 is 2.12 bits per heavy atom. The van der Waals surface area contributed by atoms with Crippen LogP contribution < -0.4 is 14.4 Å². The fourth-order valence-corrected chi connectivity index (χ4v) is 5.71. The number of benzene rings is 3. The van der Waals surface area contributed by atoms with Crippen molar-refractivity contribution >= 4 is 27.5 Å². The van der Waals surface area contributed by atoms with E-state index in [0.29, 0.717) is 31.0 Å². The summed E-state index contributed by atoms with van der Waals surface area (Å²) in [5.74, 6) is -0.181. The minimum absolute atomic E-state index is 0.0328. The molecular formula is C31H39N3O5S. The number of ether oxygens (including phenoxy) is 1. The van der Waals surface area contributed by atoms with Gasteiger partial charge in [-0.25, -0.2) is 8.42 Å². The predicted molar refractivity (Wildman–Crippen MR) is 158 cm³/mol. The zero-order valence-corrected chi connectivity index (χ0v) is 24.5. The highest BCUT2D eigenvalue weighted by Gasteiger charge is 2.33. The number of rotatable bonds is 14. The molecule has 0 radical (unpaired) electrons. The number of sulfonamides is 1. The number of hydrogen-bond acceptors (Lipinski definition) is 5. The van der Waals surface area contributed by atoms with Gasteiger partial charge in [0.15, 0.2) is 0 Å². The minimum atomic E-state index is -4.13. The molecule has 3 aromatic rings. The second-order valence-electron chi connectivity index (χ2n) is 9.47. The Balaban J connectivity index is 2.01. The molecule has 0 saturated carbocycles. The Morgan fingerprint density at radius 1 is 0.900 bits per heavy atom. The largest absolute Gasteiger partial charge is 0.494 e. The maximum atomic E-state index is 14.0. The van der Waals surface area contributed by atoms with E-state index < -0.39 is 28.5 Å². The lowest BCUT2D eigenvalue weighted by atomic mass is 10.1. The van der Waals surface area contributed by atoms with Crippen molar-refractivity contribution in [3.05, 3.63) is 90.0 Å². The van der Waals surface area contributed by atoms with E-state index in [0.717, 1.165) is 21.9 Å². The molecule has 214 valence electrons. The predicted octanol–water partition coefficient (Wildman–Crippen LogP) is 4.92. The van der Waals surface area contributed by atoms with E-state index in [4.69, 9.17) is 4.74 Å². The lowest BCUT2D eigenvalue weighted by Gasteiger charge is -2.33. The van der Waals surface area contributed by atoms with Crippen LogP contribution in [-0.2, 0) is 26.2 Å². The third-order valence-electron chi connectivity index (χ3n) is 6.45. The van der Waals surface area contributed by atoms with Crippen molar-refractivity contribution in [3.8, 4) is 5.75 Å². The number of hydrogen-bond donors (Lipinski definition) is 1. The summed E-state index contributed by atoms with van der Waals surface area (Å²) in [7, 11) is -4.13. The van der Waals surface area contributed by atoms with Crippen LogP contribution in [0.4, 0.5) is 5.69 Å². The van der Waals surface area contributed by atoms with E-state index in [9.17, 15) is 18.0 Å². The van der Waals surface area contributed by atoms with Gasteiger partial charge >= 0.3 is 0 Å². The zero-order valence-electron chi connectivity index (χ0n) is 23.7. The SMILES string of the molecule is CCCNC(=O)C(CC)N(Cc1ccc(C)cc1)C(=O)CN(c1ccccc1)S(=O)(=O)c1ccc(OCC)cc1. The standard InChI is InChI=1S/C31H39N3O5S/c1-5-21-32-31(36)29(6-2)33(22-25-15-13-24(4)14-16-25)30(35)23-34(26-11-9-8-10-12-26)40(37,38)28-19-17-27(18-20-28)39-7-3/h8-20,29H,5-7,21-23H2,1-4H3,(H,32,36). The first kappa shape index (κ1) is 30.7. The Bertz CT molecular complexity index is 1340. The molecule has 0 aliphatic heterocycles. The van der Waals surface area contributed by atoms with Gasteiger partial charge in [0.05, 0.1) is 17.2 Å². The lowest BCUT2D eigenvalue weighted by Crippen LogP contribution is -2.52. The highest BCUT2D eigenvalue weighted by Crippen LogP contribution is 2.26. The Hall–Kier alpha value is -3.85. The molecule has 1 atom stereocenters. The Kier molecular flexibility index (Phi) is 11.1. The number of aryl methyl sites for hydroxylation is 1. The maximum Gasteiger partial charge on any atom is 0.264 e. The summed E-state index contributed by atoms with van der Waals surface area (Å²) in [6, 6.07) is 21.6. The van der Waals surface area contributed by atoms with Crippen LogP contribution in [0, 0.1) is 6.92 Å². The molecule has 9 heteroatoms. The first-order valence-electron chi connectivity index (χ1n) is 13.6. The number of nitrogens with one attached hydrogen (secondary N) is 1. The molecule has 0 heterocycles. The number of anilines is 1. The lowest BCUT2D eigenvalue weighted by molar-refractivity contribution is -0.140. The highest BCUT2D eigenvalue weighted by molar-refractivity contribution is 7.92. The molecule has 40 heavy (non-hydrogen) atoms. The van der Waals surface area contributed by atoms with Crippen molar-refractivity contribution in [3.63, 3.8) is 0 Å². The zero-order chi connectivity index (χ0) is 29.1. The number of para-hydroxylation sites is 1. The van der Waals surface area contributed by atoms with Crippen molar-refractivity contribution in [2.24, 2.45) is 0 Å². The van der Waals surface area contributed by atoms with E-state index in [2.05, 4.69) is 5.32 Å². The maximum absolute atomic E-state index is 14.0. The van der Waals surface area contributed by atoms with Gasteiger partial charge in [0.25, 0.3) is 10.0 Å². The van der Waals surface area contributed by atoms with Gasteiger partial charge in [-0.3, -0.25) is 13.9 Å². The molecule has 1 unspecified atom stereocenters. The second-order valence-corrected chi connectivity index (χ2v) is 11.3. The fourth-order valence-electron chi connectivity index (χ4n) is 4.30. The average molecular weight is 566 g/mol. The van der Waals surface area contributed by atoms with Gasteiger partial charge in [0, 0.05) is 13.1 Å². The third-order valence-corrected chi connectivity index (χ3v) is 8.24. The smallest absolute Gasteiger partial charge is 0.264 e.